The molecule has 0 spiro atoms. The lowest BCUT2D eigenvalue weighted by atomic mass is 9.88. The average Bonchev–Trinajstić information content (AvgIpc) is 0.773. The van der Waals surface area contributed by atoms with Gasteiger partial charge in [-0.3, -0.25) is 38.4 Å². The number of nitrogens with one attached hydrogen (secondary N) is 8. The molecule has 0 fully saturated rings. The molecular weight excluding hydrogens is 1360 g/mol. The molecule has 20 heteroatoms. The molecule has 20 nitrogen and oxygen atoms in total. The molecule has 1 aliphatic rings. The first kappa shape index (κ1) is 79.8. The topological polar surface area (TPSA) is 270 Å². The van der Waals surface area contributed by atoms with Crippen LogP contribution in [0.15, 0.2) is 170 Å². The summed E-state index contributed by atoms with van der Waals surface area (Å²) in [5.74, 6) is -0.0170. The smallest absolute Gasteiger partial charge is 0.248 e. The van der Waals surface area contributed by atoms with Crippen LogP contribution in [0.4, 0.5) is 45.5 Å². The molecule has 560 valence electrons. The van der Waals surface area contributed by atoms with E-state index < -0.39 is 23.6 Å². The van der Waals surface area contributed by atoms with Crippen LogP contribution in [0.25, 0.3) is 24.3 Å². The molecule has 9 rings (SSSR count). The van der Waals surface area contributed by atoms with Crippen LogP contribution >= 0.6 is 0 Å². The number of unbranched alkanes of at least 4 members (excludes halogenated alkanes) is 4. The molecule has 0 aromatic heterocycles. The van der Waals surface area contributed by atoms with E-state index in [4.69, 9.17) is 18.9 Å². The van der Waals surface area contributed by atoms with E-state index in [0.717, 1.165) is 95.9 Å². The summed E-state index contributed by atoms with van der Waals surface area (Å²) in [6, 6.07) is 43.5. The van der Waals surface area contributed by atoms with Crippen LogP contribution in [0, 0.1) is 0 Å². The zero-order valence-electron chi connectivity index (χ0n) is 62.7. The minimum absolute atomic E-state index is 0.221. The number of benzene rings is 8. The number of fused-ring (bicyclic) bond motifs is 8. The second kappa shape index (κ2) is 40.2. The summed E-state index contributed by atoms with van der Waals surface area (Å²) in [5.41, 5.74) is 13.2. The van der Waals surface area contributed by atoms with Gasteiger partial charge < -0.3 is 61.5 Å². The summed E-state index contributed by atoms with van der Waals surface area (Å²) in [6.07, 6.45) is 20.2. The van der Waals surface area contributed by atoms with Gasteiger partial charge in [0.15, 0.2) is 0 Å². The van der Waals surface area contributed by atoms with E-state index in [0.29, 0.717) is 117 Å². The molecule has 1 aliphatic carbocycles. The summed E-state index contributed by atoms with van der Waals surface area (Å²) in [5, 5.41) is 22.9. The summed E-state index contributed by atoms with van der Waals surface area (Å²) in [4.78, 5) is 104. The SMILES string of the molecule is CCCCOc1c2cc(/C=C/C(=O)Nc3ccc(NC(C)=O)cc3)cc1Cc1cc(/C=C/C(=O)Nc3ccc(NC(C)=O)cc3)cc(c1OCCCC)Cc1cc(/C=C/C(=O)Nc3ccc(NC(C)=O)cc3)cc(c1OCCCC)Cc1cc(/C=C/C(=O)Nc3ccc(NC(C)=O)cc3)cc(c1OCCCC)C2. The number of hydrogen-bond acceptors (Lipinski definition) is 12. The number of ether oxygens (including phenoxy) is 4. The first-order valence-corrected chi connectivity index (χ1v) is 36.8. The fourth-order valence-electron chi connectivity index (χ4n) is 12.2. The lowest BCUT2D eigenvalue weighted by Crippen LogP contribution is -2.12. The molecule has 0 unspecified atom stereocenters. The summed E-state index contributed by atoms with van der Waals surface area (Å²) in [6.45, 7) is 15.6. The molecule has 0 saturated heterocycles. The van der Waals surface area contributed by atoms with Crippen molar-refractivity contribution in [3.63, 3.8) is 0 Å². The van der Waals surface area contributed by atoms with E-state index in [1.165, 1.54) is 52.0 Å². The summed E-state index contributed by atoms with van der Waals surface area (Å²) < 4.78 is 28.4. The van der Waals surface area contributed by atoms with Gasteiger partial charge in [0.1, 0.15) is 23.0 Å². The van der Waals surface area contributed by atoms with Gasteiger partial charge in [-0.05, 0) is 262 Å². The Hall–Kier alpha value is -12.3. The lowest BCUT2D eigenvalue weighted by Gasteiger charge is -2.24. The Morgan fingerprint density at radius 2 is 0.426 bits per heavy atom. The van der Waals surface area contributed by atoms with Crippen molar-refractivity contribution in [2.45, 2.75) is 132 Å². The third-order valence-corrected chi connectivity index (χ3v) is 17.2. The average molecular weight is 1460 g/mol. The van der Waals surface area contributed by atoms with Gasteiger partial charge >= 0.3 is 0 Å². The molecule has 8 N–H and O–H groups in total. The van der Waals surface area contributed by atoms with Crippen LogP contribution in [0.2, 0.25) is 0 Å². The Morgan fingerprint density at radius 3 is 0.574 bits per heavy atom. The van der Waals surface area contributed by atoms with Gasteiger partial charge in [-0.15, -0.1) is 0 Å². The second-order valence-corrected chi connectivity index (χ2v) is 26.5. The monoisotopic (exact) mass is 1460 g/mol. The van der Waals surface area contributed by atoms with Crippen LogP contribution in [0.1, 0.15) is 174 Å². The van der Waals surface area contributed by atoms with Gasteiger partial charge in [0.25, 0.3) is 0 Å². The maximum Gasteiger partial charge on any atom is 0.248 e. The molecular formula is C88H96N8O12. The molecule has 0 aliphatic heterocycles. The highest BCUT2D eigenvalue weighted by molar-refractivity contribution is 6.05. The van der Waals surface area contributed by atoms with Gasteiger partial charge in [0.05, 0.1) is 26.4 Å². The lowest BCUT2D eigenvalue weighted by molar-refractivity contribution is -0.115. The first-order valence-electron chi connectivity index (χ1n) is 36.8. The predicted octanol–water partition coefficient (Wildman–Crippen LogP) is 17.5. The van der Waals surface area contributed by atoms with Gasteiger partial charge in [-0.1, -0.05) is 53.4 Å². The third kappa shape index (κ3) is 24.9. The normalized spacial score (nSPS) is 11.8. The fraction of sp³-hybridized carbons (Fsp3) is 0.273. The van der Waals surface area contributed by atoms with E-state index in [1.54, 1.807) is 121 Å². The van der Waals surface area contributed by atoms with Crippen molar-refractivity contribution in [3.05, 3.63) is 237 Å². The number of carbonyl (C=O) groups excluding carboxylic acids is 8. The van der Waals surface area contributed by atoms with Gasteiger partial charge in [0.2, 0.25) is 47.3 Å². The molecule has 8 bridgehead atoms. The van der Waals surface area contributed by atoms with E-state index in [2.05, 4.69) is 70.2 Å². The number of rotatable bonds is 32. The van der Waals surface area contributed by atoms with Crippen molar-refractivity contribution in [1.29, 1.82) is 0 Å². The van der Waals surface area contributed by atoms with Gasteiger partial charge in [0, 0.05) is 123 Å². The highest BCUT2D eigenvalue weighted by atomic mass is 16.5. The maximum atomic E-state index is 14.0. The maximum absolute atomic E-state index is 14.0. The second-order valence-electron chi connectivity index (χ2n) is 26.5. The Bertz CT molecular complexity index is 3970. The number of amides is 8. The molecule has 0 radical (unpaired) electrons. The minimum atomic E-state index is -0.402. The standard InChI is InChI=1S/C88H96N8O12/c1-9-13-41-105-85-65-45-61(17-37-81(101)93-77-29-21-73(22-30-77)89-57(5)97)46-66(85)54-68-48-63(19-39-83(103)95-79-33-25-75(26-34-79)91-59(7)99)50-70(87(68)107-43-15-11-3)56-72-52-64(20-40-84(104)96-80-35-27-76(28-36-80)92-60(8)100)51-71(88(72)108-44-16-12-4)55-69-49-62(47-67(53-65)86(69)106-42-14-10-2)18-38-82(102)94-78-31-23-74(24-32-78)90-58(6)98/h17-40,45-52H,9-16,41-44,53-56H2,1-8H3,(H,89,97)(H,90,98)(H,91,99)(H,92,100)(H,93,101)(H,94,102)(H,95,103)(H,96,104)/b37-17+,38-18+,39-19+,40-20+. The van der Waals surface area contributed by atoms with Crippen molar-refractivity contribution in [2.75, 3.05) is 69.0 Å². The first-order chi connectivity index (χ1) is 52.2. The minimum Gasteiger partial charge on any atom is -0.493 e. The van der Waals surface area contributed by atoms with Crippen molar-refractivity contribution < 1.29 is 57.3 Å². The Balaban J connectivity index is 1.29. The molecule has 8 aromatic rings. The van der Waals surface area contributed by atoms with Crippen LogP contribution in [-0.2, 0) is 64.0 Å². The highest BCUT2D eigenvalue weighted by Gasteiger charge is 2.25. The van der Waals surface area contributed by atoms with E-state index in [-0.39, 0.29) is 49.3 Å². The van der Waals surface area contributed by atoms with E-state index in [1.807, 2.05) is 48.5 Å². The van der Waals surface area contributed by atoms with Crippen molar-refractivity contribution in [3.8, 4) is 23.0 Å². The Kier molecular flexibility index (Phi) is 29.7. The molecule has 8 aromatic carbocycles. The quantitative estimate of drug-likeness (QED) is 0.0144. The fourth-order valence-corrected chi connectivity index (χ4v) is 12.2. The Morgan fingerprint density at radius 1 is 0.269 bits per heavy atom. The van der Waals surface area contributed by atoms with Gasteiger partial charge in [-0.25, -0.2) is 0 Å². The van der Waals surface area contributed by atoms with Crippen molar-refractivity contribution in [2.24, 2.45) is 0 Å². The van der Waals surface area contributed by atoms with E-state index >= 15 is 0 Å². The number of carbonyl (C=O) groups is 8. The summed E-state index contributed by atoms with van der Waals surface area (Å²) >= 11 is 0. The molecule has 0 heterocycles. The highest BCUT2D eigenvalue weighted by Crippen LogP contribution is 2.42. The molecule has 0 saturated carbocycles. The van der Waals surface area contributed by atoms with Gasteiger partial charge in [-0.2, -0.15) is 0 Å². The van der Waals surface area contributed by atoms with Crippen LogP contribution in [0.3, 0.4) is 0 Å². The molecule has 0 atom stereocenters. The molecule has 108 heavy (non-hydrogen) atoms. The van der Waals surface area contributed by atoms with Crippen molar-refractivity contribution >= 4 is 117 Å². The zero-order chi connectivity index (χ0) is 76.9. The number of hydrogen-bond donors (Lipinski definition) is 8. The largest absolute Gasteiger partial charge is 0.493 e. The van der Waals surface area contributed by atoms with Crippen molar-refractivity contribution in [1.82, 2.24) is 0 Å². The zero-order valence-corrected chi connectivity index (χ0v) is 62.7. The third-order valence-electron chi connectivity index (χ3n) is 17.2. The Labute approximate surface area is 632 Å². The molecule has 8 amide bonds. The van der Waals surface area contributed by atoms with E-state index in [9.17, 15) is 38.4 Å². The number of anilines is 8. The van der Waals surface area contributed by atoms with Crippen LogP contribution in [0.5, 0.6) is 23.0 Å². The predicted molar refractivity (Wildman–Crippen MR) is 432 cm³/mol. The van der Waals surface area contributed by atoms with Crippen LogP contribution < -0.4 is 61.5 Å². The summed E-state index contributed by atoms with van der Waals surface area (Å²) in [7, 11) is 0. The van der Waals surface area contributed by atoms with Crippen LogP contribution in [-0.4, -0.2) is 73.7 Å².